The molecule has 0 saturated carbocycles. The van der Waals surface area contributed by atoms with Crippen molar-refractivity contribution in [2.75, 3.05) is 13.1 Å². The van der Waals surface area contributed by atoms with E-state index in [1.54, 1.807) is 4.90 Å². The molecule has 1 aromatic carbocycles. The van der Waals surface area contributed by atoms with Crippen LogP contribution < -0.4 is 0 Å². The van der Waals surface area contributed by atoms with Crippen LogP contribution in [0.15, 0.2) is 54.9 Å². The van der Waals surface area contributed by atoms with Gasteiger partial charge in [0.25, 0.3) is 5.91 Å². The second-order valence-corrected chi connectivity index (χ2v) is 8.47. The molecule has 0 aliphatic carbocycles. The Kier molecular flexibility index (Phi) is 6.25. The Bertz CT molecular complexity index is 1110. The van der Waals surface area contributed by atoms with E-state index in [1.165, 1.54) is 16.9 Å². The van der Waals surface area contributed by atoms with E-state index in [-0.39, 0.29) is 29.9 Å². The van der Waals surface area contributed by atoms with Crippen LogP contribution in [0, 0.1) is 0 Å². The Labute approximate surface area is 190 Å². The molecule has 1 saturated heterocycles. The van der Waals surface area contributed by atoms with Crippen molar-refractivity contribution in [3.63, 3.8) is 0 Å². The summed E-state index contributed by atoms with van der Waals surface area (Å²) in [7, 11) is 0. The molecule has 174 valence electrons. The first-order valence-corrected chi connectivity index (χ1v) is 10.8. The third-order valence-electron chi connectivity index (χ3n) is 5.59. The van der Waals surface area contributed by atoms with E-state index >= 15 is 0 Å². The molecule has 0 radical (unpaired) electrons. The molecule has 1 aliphatic heterocycles. The summed E-state index contributed by atoms with van der Waals surface area (Å²) in [6.45, 7) is 6.57. The Morgan fingerprint density at radius 1 is 1.09 bits per heavy atom. The normalized spacial score (nSPS) is 19.2. The lowest BCUT2D eigenvalue weighted by atomic mass is 10.0. The second kappa shape index (κ2) is 8.97. The van der Waals surface area contributed by atoms with Crippen LogP contribution in [-0.2, 0) is 10.9 Å². The molecule has 9 heteroatoms. The maximum Gasteiger partial charge on any atom is 0.417 e. The van der Waals surface area contributed by atoms with Crippen molar-refractivity contribution in [2.24, 2.45) is 0 Å². The van der Waals surface area contributed by atoms with Crippen LogP contribution in [0.5, 0.6) is 0 Å². The summed E-state index contributed by atoms with van der Waals surface area (Å²) in [4.78, 5) is 19.2. The first-order valence-electron chi connectivity index (χ1n) is 10.8. The monoisotopic (exact) mass is 458 g/mol. The molecule has 1 fully saturated rings. The van der Waals surface area contributed by atoms with Crippen molar-refractivity contribution in [1.82, 2.24) is 19.7 Å². The average molecular weight is 458 g/mol. The summed E-state index contributed by atoms with van der Waals surface area (Å²) in [6.07, 6.45) is -2.62. The number of morpholine rings is 1. The highest BCUT2D eigenvalue weighted by molar-refractivity contribution is 5.95. The predicted molar refractivity (Wildman–Crippen MR) is 116 cm³/mol. The van der Waals surface area contributed by atoms with Gasteiger partial charge in [0, 0.05) is 12.7 Å². The number of alkyl halides is 3. The Morgan fingerprint density at radius 3 is 2.42 bits per heavy atom. The molecule has 33 heavy (non-hydrogen) atoms. The van der Waals surface area contributed by atoms with Gasteiger partial charge < -0.3 is 9.64 Å². The fourth-order valence-electron chi connectivity index (χ4n) is 4.08. The van der Waals surface area contributed by atoms with Gasteiger partial charge in [0.15, 0.2) is 5.82 Å². The molecule has 0 spiro atoms. The van der Waals surface area contributed by atoms with Gasteiger partial charge in [0.2, 0.25) is 0 Å². The van der Waals surface area contributed by atoms with E-state index in [0.717, 1.165) is 17.8 Å². The van der Waals surface area contributed by atoms with Gasteiger partial charge in [0.05, 0.1) is 35.7 Å². The largest absolute Gasteiger partial charge is 0.417 e. The SMILES string of the molecule is CC1CN(C(=O)c2cnn(-c3ccc(C(F)(F)F)cn3)c2C(C)C)CC(c2ccccc2)O1. The Morgan fingerprint density at radius 2 is 1.82 bits per heavy atom. The molecule has 0 bridgehead atoms. The fourth-order valence-corrected chi connectivity index (χ4v) is 4.08. The summed E-state index contributed by atoms with van der Waals surface area (Å²) < 4.78 is 46.2. The number of hydrogen-bond acceptors (Lipinski definition) is 4. The van der Waals surface area contributed by atoms with Gasteiger partial charge in [-0.3, -0.25) is 4.79 Å². The lowest BCUT2D eigenvalue weighted by Gasteiger charge is -2.37. The van der Waals surface area contributed by atoms with E-state index in [0.29, 0.717) is 24.3 Å². The molecule has 0 N–H and O–H groups in total. The Hall–Kier alpha value is -3.20. The summed E-state index contributed by atoms with van der Waals surface area (Å²) in [6, 6.07) is 12.0. The molecule has 4 rings (SSSR count). The summed E-state index contributed by atoms with van der Waals surface area (Å²) in [5.41, 5.74) is 1.17. The lowest BCUT2D eigenvalue weighted by Crippen LogP contribution is -2.46. The van der Waals surface area contributed by atoms with Crippen molar-refractivity contribution in [3.8, 4) is 5.82 Å². The highest BCUT2D eigenvalue weighted by atomic mass is 19.4. The van der Waals surface area contributed by atoms with Crippen LogP contribution in [-0.4, -0.2) is 44.8 Å². The van der Waals surface area contributed by atoms with Crippen LogP contribution in [0.1, 0.15) is 60.0 Å². The first-order chi connectivity index (χ1) is 15.6. The van der Waals surface area contributed by atoms with Crippen LogP contribution >= 0.6 is 0 Å². The van der Waals surface area contributed by atoms with Gasteiger partial charge in [-0.25, -0.2) is 9.67 Å². The minimum atomic E-state index is -4.47. The van der Waals surface area contributed by atoms with E-state index in [4.69, 9.17) is 4.74 Å². The molecule has 2 atom stereocenters. The second-order valence-electron chi connectivity index (χ2n) is 8.47. The molecule has 6 nitrogen and oxygen atoms in total. The quantitative estimate of drug-likeness (QED) is 0.551. The minimum Gasteiger partial charge on any atom is -0.367 e. The highest BCUT2D eigenvalue weighted by Crippen LogP contribution is 2.31. The summed E-state index contributed by atoms with van der Waals surface area (Å²) in [5, 5.41) is 4.31. The molecular weight excluding hydrogens is 433 g/mol. The molecule has 2 unspecified atom stereocenters. The summed E-state index contributed by atoms with van der Waals surface area (Å²) in [5.74, 6) is -0.0740. The number of rotatable bonds is 4. The molecule has 1 amide bonds. The van der Waals surface area contributed by atoms with Gasteiger partial charge in [-0.1, -0.05) is 44.2 Å². The van der Waals surface area contributed by atoms with Gasteiger partial charge in [-0.2, -0.15) is 18.3 Å². The standard InChI is InChI=1S/C24H25F3N4O2/c1-15(2)22-19(12-29-31(22)21-10-9-18(11-28-21)24(25,26)27)23(32)30-13-16(3)33-20(14-30)17-7-5-4-6-8-17/h4-12,15-16,20H,13-14H2,1-3H3. The molecular formula is C24H25F3N4O2. The van der Waals surface area contributed by atoms with Crippen LogP contribution in [0.2, 0.25) is 0 Å². The molecule has 1 aliphatic rings. The van der Waals surface area contributed by atoms with E-state index in [9.17, 15) is 18.0 Å². The number of halogens is 3. The van der Waals surface area contributed by atoms with Crippen LogP contribution in [0.4, 0.5) is 13.2 Å². The highest BCUT2D eigenvalue weighted by Gasteiger charge is 2.33. The number of aromatic nitrogens is 3. The van der Waals surface area contributed by atoms with Gasteiger partial charge in [-0.05, 0) is 30.5 Å². The van der Waals surface area contributed by atoms with Crippen molar-refractivity contribution >= 4 is 5.91 Å². The van der Waals surface area contributed by atoms with Crippen LogP contribution in [0.3, 0.4) is 0 Å². The number of benzene rings is 1. The zero-order valence-electron chi connectivity index (χ0n) is 18.6. The van der Waals surface area contributed by atoms with Gasteiger partial charge in [0.1, 0.15) is 6.10 Å². The molecule has 2 aromatic heterocycles. The number of amides is 1. The number of carbonyl (C=O) groups excluding carboxylic acids is 1. The molecule has 3 heterocycles. The van der Waals surface area contributed by atoms with Gasteiger partial charge in [-0.15, -0.1) is 0 Å². The minimum absolute atomic E-state index is 0.112. The van der Waals surface area contributed by atoms with Crippen LogP contribution in [0.25, 0.3) is 5.82 Å². The van der Waals surface area contributed by atoms with Crippen molar-refractivity contribution in [1.29, 1.82) is 0 Å². The Balaban J connectivity index is 1.64. The van der Waals surface area contributed by atoms with Crippen molar-refractivity contribution in [2.45, 2.75) is 45.1 Å². The van der Waals surface area contributed by atoms with E-state index < -0.39 is 11.7 Å². The van der Waals surface area contributed by atoms with E-state index in [2.05, 4.69) is 10.1 Å². The number of ether oxygens (including phenoxy) is 1. The summed E-state index contributed by atoms with van der Waals surface area (Å²) >= 11 is 0. The molecule has 3 aromatic rings. The smallest absolute Gasteiger partial charge is 0.367 e. The zero-order valence-corrected chi connectivity index (χ0v) is 18.6. The van der Waals surface area contributed by atoms with Gasteiger partial charge >= 0.3 is 6.18 Å². The predicted octanol–water partition coefficient (Wildman–Crippen LogP) is 5.01. The van der Waals surface area contributed by atoms with Crippen molar-refractivity contribution in [3.05, 3.63) is 77.2 Å². The van der Waals surface area contributed by atoms with Crippen molar-refractivity contribution < 1.29 is 22.7 Å². The average Bonchev–Trinajstić information content (AvgIpc) is 3.24. The number of pyridine rings is 1. The van der Waals surface area contributed by atoms with E-state index in [1.807, 2.05) is 51.1 Å². The zero-order chi connectivity index (χ0) is 23.8. The maximum atomic E-state index is 13.5. The number of nitrogens with zero attached hydrogens (tertiary/aromatic N) is 4. The first kappa shape index (κ1) is 23.0. The maximum absolute atomic E-state index is 13.5. The lowest BCUT2D eigenvalue weighted by molar-refractivity contribution is -0.137. The number of hydrogen-bond donors (Lipinski definition) is 0. The third kappa shape index (κ3) is 4.78. The fraction of sp³-hybridized carbons (Fsp3) is 0.375. The number of carbonyl (C=O) groups is 1. The third-order valence-corrected chi connectivity index (χ3v) is 5.59. The topological polar surface area (TPSA) is 60.2 Å².